The van der Waals surface area contributed by atoms with Gasteiger partial charge in [0.25, 0.3) is 5.91 Å². The highest BCUT2D eigenvalue weighted by Crippen LogP contribution is 2.25. The predicted octanol–water partition coefficient (Wildman–Crippen LogP) is 6.31. The highest BCUT2D eigenvalue weighted by atomic mass is 19.1. The Balaban J connectivity index is 1.35. The highest BCUT2D eigenvalue weighted by molar-refractivity contribution is 5.91. The van der Waals surface area contributed by atoms with Crippen LogP contribution in [0.3, 0.4) is 0 Å². The van der Waals surface area contributed by atoms with E-state index in [-0.39, 0.29) is 17.3 Å². The van der Waals surface area contributed by atoms with Crippen LogP contribution in [-0.2, 0) is 19.5 Å². The lowest BCUT2D eigenvalue weighted by Crippen LogP contribution is -2.40. The fourth-order valence-electron chi connectivity index (χ4n) is 4.57. The summed E-state index contributed by atoms with van der Waals surface area (Å²) < 4.78 is 20.2. The number of nitrogens with zero attached hydrogens (tertiary/aromatic N) is 2. The lowest BCUT2D eigenvalue weighted by atomic mass is 9.90. The molecule has 0 unspecified atom stereocenters. The van der Waals surface area contributed by atoms with Crippen molar-refractivity contribution in [2.75, 3.05) is 13.1 Å². The van der Waals surface area contributed by atoms with E-state index in [9.17, 15) is 9.18 Å². The Kier molecular flexibility index (Phi) is 7.52. The molecule has 4 rings (SSSR count). The zero-order valence-corrected chi connectivity index (χ0v) is 20.5. The molecule has 1 aliphatic heterocycles. The van der Waals surface area contributed by atoms with E-state index in [0.717, 1.165) is 32.4 Å². The topological polar surface area (TPSA) is 36.7 Å². The van der Waals surface area contributed by atoms with E-state index in [0.29, 0.717) is 36.1 Å². The Morgan fingerprint density at radius 1 is 0.971 bits per heavy atom. The van der Waals surface area contributed by atoms with Gasteiger partial charge < -0.3 is 9.32 Å². The minimum absolute atomic E-state index is 0.0409. The molecule has 34 heavy (non-hydrogen) atoms. The van der Waals surface area contributed by atoms with Gasteiger partial charge in [-0.2, -0.15) is 0 Å². The SMILES string of the molecule is CC(C)(C)N(Cc1ccc(C(=O)N2CCC(Cc3ccccc3)CC2)o1)Cc1ccccc1F. The van der Waals surface area contributed by atoms with Crippen LogP contribution >= 0.6 is 0 Å². The number of halogens is 1. The summed E-state index contributed by atoms with van der Waals surface area (Å²) in [4.78, 5) is 17.1. The molecule has 1 saturated heterocycles. The molecule has 5 heteroatoms. The van der Waals surface area contributed by atoms with Crippen LogP contribution in [0.2, 0.25) is 0 Å². The number of carbonyl (C=O) groups is 1. The lowest BCUT2D eigenvalue weighted by Gasteiger charge is -2.35. The maximum absolute atomic E-state index is 14.2. The van der Waals surface area contributed by atoms with Gasteiger partial charge in [0.05, 0.1) is 6.54 Å². The molecule has 3 aromatic rings. The van der Waals surface area contributed by atoms with Crippen molar-refractivity contribution in [3.8, 4) is 0 Å². The number of carbonyl (C=O) groups excluding carboxylic acids is 1. The third-order valence-electron chi connectivity index (χ3n) is 6.76. The minimum Gasteiger partial charge on any atom is -0.455 e. The van der Waals surface area contributed by atoms with Gasteiger partial charge in [-0.3, -0.25) is 9.69 Å². The van der Waals surface area contributed by atoms with Crippen LogP contribution in [0.1, 0.15) is 61.1 Å². The average molecular weight is 463 g/mol. The summed E-state index contributed by atoms with van der Waals surface area (Å²) in [5, 5.41) is 0. The molecule has 0 radical (unpaired) electrons. The molecular formula is C29H35FN2O2. The monoisotopic (exact) mass is 462 g/mol. The summed E-state index contributed by atoms with van der Waals surface area (Å²) in [6.45, 7) is 8.79. The van der Waals surface area contributed by atoms with Crippen molar-refractivity contribution in [2.45, 2.75) is 58.7 Å². The minimum atomic E-state index is -0.206. The molecule has 0 atom stereocenters. The molecule has 0 aliphatic carbocycles. The molecule has 1 fully saturated rings. The Bertz CT molecular complexity index is 1080. The number of benzene rings is 2. The second kappa shape index (κ2) is 10.6. The van der Waals surface area contributed by atoms with E-state index in [1.165, 1.54) is 11.6 Å². The van der Waals surface area contributed by atoms with E-state index < -0.39 is 0 Å². The molecular weight excluding hydrogens is 427 g/mol. The van der Waals surface area contributed by atoms with Crippen LogP contribution in [-0.4, -0.2) is 34.3 Å². The summed E-state index contributed by atoms with van der Waals surface area (Å²) in [7, 11) is 0. The Hall–Kier alpha value is -2.92. The molecule has 1 aliphatic rings. The quantitative estimate of drug-likeness (QED) is 0.413. The van der Waals surface area contributed by atoms with Crippen LogP contribution in [0, 0.1) is 11.7 Å². The van der Waals surface area contributed by atoms with Crippen LogP contribution in [0.25, 0.3) is 0 Å². The van der Waals surface area contributed by atoms with Gasteiger partial charge in [0, 0.05) is 30.7 Å². The molecule has 2 aromatic carbocycles. The zero-order valence-electron chi connectivity index (χ0n) is 20.5. The van der Waals surface area contributed by atoms with Gasteiger partial charge in [0.15, 0.2) is 5.76 Å². The van der Waals surface area contributed by atoms with Gasteiger partial charge in [-0.05, 0) is 69.7 Å². The number of likely N-dealkylation sites (tertiary alicyclic amines) is 1. The Labute approximate surface area is 202 Å². The van der Waals surface area contributed by atoms with Crippen molar-refractivity contribution in [3.05, 3.63) is 95.2 Å². The first-order valence-electron chi connectivity index (χ1n) is 12.2. The van der Waals surface area contributed by atoms with Gasteiger partial charge in [-0.25, -0.2) is 4.39 Å². The first kappa shape index (κ1) is 24.2. The van der Waals surface area contributed by atoms with E-state index >= 15 is 0 Å². The fourth-order valence-corrected chi connectivity index (χ4v) is 4.57. The maximum Gasteiger partial charge on any atom is 0.289 e. The van der Waals surface area contributed by atoms with E-state index in [2.05, 4.69) is 49.9 Å². The number of furan rings is 1. The summed E-state index contributed by atoms with van der Waals surface area (Å²) in [5.41, 5.74) is 1.82. The average Bonchev–Trinajstić information content (AvgIpc) is 3.29. The van der Waals surface area contributed by atoms with Crippen LogP contribution in [0.4, 0.5) is 4.39 Å². The van der Waals surface area contributed by atoms with Crippen molar-refractivity contribution in [1.82, 2.24) is 9.80 Å². The normalized spacial score (nSPS) is 15.1. The molecule has 0 saturated carbocycles. The number of hydrogen-bond acceptors (Lipinski definition) is 3. The van der Waals surface area contributed by atoms with Gasteiger partial charge in [0.2, 0.25) is 0 Å². The van der Waals surface area contributed by atoms with Crippen molar-refractivity contribution in [2.24, 2.45) is 5.92 Å². The Morgan fingerprint density at radius 3 is 2.32 bits per heavy atom. The molecule has 0 spiro atoms. The first-order chi connectivity index (χ1) is 16.3. The van der Waals surface area contributed by atoms with Crippen LogP contribution in [0.5, 0.6) is 0 Å². The Morgan fingerprint density at radius 2 is 1.65 bits per heavy atom. The highest BCUT2D eigenvalue weighted by Gasteiger charge is 2.27. The second-order valence-electron chi connectivity index (χ2n) is 10.3. The lowest BCUT2D eigenvalue weighted by molar-refractivity contribution is 0.0649. The van der Waals surface area contributed by atoms with Crippen molar-refractivity contribution >= 4 is 5.91 Å². The summed E-state index contributed by atoms with van der Waals surface area (Å²) in [6.07, 6.45) is 3.09. The largest absolute Gasteiger partial charge is 0.455 e. The first-order valence-corrected chi connectivity index (χ1v) is 12.2. The smallest absolute Gasteiger partial charge is 0.289 e. The zero-order chi connectivity index (χ0) is 24.1. The fraction of sp³-hybridized carbons (Fsp3) is 0.414. The van der Waals surface area contributed by atoms with Crippen LogP contribution in [0.15, 0.2) is 71.1 Å². The molecule has 0 bridgehead atoms. The maximum atomic E-state index is 14.2. The summed E-state index contributed by atoms with van der Waals surface area (Å²) in [5.74, 6) is 1.46. The van der Waals surface area contributed by atoms with E-state index in [1.807, 2.05) is 29.2 Å². The van der Waals surface area contributed by atoms with Gasteiger partial charge in [0.1, 0.15) is 11.6 Å². The van der Waals surface area contributed by atoms with E-state index in [1.54, 1.807) is 12.1 Å². The summed E-state index contributed by atoms with van der Waals surface area (Å²) in [6, 6.07) is 21.1. The molecule has 2 heterocycles. The van der Waals surface area contributed by atoms with Gasteiger partial charge >= 0.3 is 0 Å². The summed E-state index contributed by atoms with van der Waals surface area (Å²) >= 11 is 0. The molecule has 1 aromatic heterocycles. The van der Waals surface area contributed by atoms with Crippen molar-refractivity contribution in [1.29, 1.82) is 0 Å². The molecule has 1 amide bonds. The number of hydrogen-bond donors (Lipinski definition) is 0. The number of amides is 1. The van der Waals surface area contributed by atoms with Gasteiger partial charge in [-0.15, -0.1) is 0 Å². The van der Waals surface area contributed by atoms with Crippen molar-refractivity contribution < 1.29 is 13.6 Å². The molecule has 0 N–H and O–H groups in total. The standard InChI is InChI=1S/C29H35FN2O2/c1-29(2,3)32(20-24-11-7-8-12-26(24)30)21-25-13-14-27(34-25)28(33)31-17-15-23(16-18-31)19-22-9-5-4-6-10-22/h4-14,23H,15-21H2,1-3H3. The van der Waals surface area contributed by atoms with Crippen LogP contribution < -0.4 is 0 Å². The van der Waals surface area contributed by atoms with Crippen molar-refractivity contribution in [3.63, 3.8) is 0 Å². The second-order valence-corrected chi connectivity index (χ2v) is 10.3. The third kappa shape index (κ3) is 6.15. The van der Waals surface area contributed by atoms with E-state index in [4.69, 9.17) is 4.42 Å². The predicted molar refractivity (Wildman–Crippen MR) is 133 cm³/mol. The molecule has 4 nitrogen and oxygen atoms in total. The third-order valence-corrected chi connectivity index (χ3v) is 6.76. The molecule has 180 valence electrons. The van der Waals surface area contributed by atoms with Gasteiger partial charge in [-0.1, -0.05) is 48.5 Å². The number of rotatable bonds is 7. The number of piperidine rings is 1.